The van der Waals surface area contributed by atoms with E-state index < -0.39 is 0 Å². The van der Waals surface area contributed by atoms with Crippen molar-refractivity contribution in [3.05, 3.63) is 56.7 Å². The molecule has 5 fully saturated rings. The van der Waals surface area contributed by atoms with Gasteiger partial charge in [-0.15, -0.1) is 32.7 Å². The van der Waals surface area contributed by atoms with Crippen LogP contribution in [0.5, 0.6) is 0 Å². The maximum atomic E-state index is 7.13. The zero-order chi connectivity index (χ0) is 27.4. The van der Waals surface area contributed by atoms with E-state index in [1.165, 1.54) is 102 Å². The van der Waals surface area contributed by atoms with Crippen LogP contribution in [-0.2, 0) is 12.6 Å². The molecule has 5 saturated heterocycles. The van der Waals surface area contributed by atoms with E-state index in [0.29, 0.717) is 30.2 Å². The number of nitrogens with zero attached hydrogens (tertiary/aromatic N) is 7. The molecule has 0 amide bonds. The van der Waals surface area contributed by atoms with Gasteiger partial charge in [-0.2, -0.15) is 24.2 Å². The van der Waals surface area contributed by atoms with Crippen molar-refractivity contribution in [3.63, 3.8) is 0 Å². The Kier molecular flexibility index (Phi) is 21.2. The van der Waals surface area contributed by atoms with Crippen LogP contribution in [0, 0.1) is 51.5 Å². The van der Waals surface area contributed by atoms with Gasteiger partial charge in [0.25, 0.3) is 0 Å². The number of aromatic nitrogens is 1. The molecule has 6 heterocycles. The standard InChI is InChI=1S/2C10H18N2.C10H13N2.CHNS.Nd/c3*1-3-7-11-9(5-1)10-6-2-4-8-12-10;2-1-3;/h2*9-10H,1-8H2;1,3,5,7,10H,2,4,6,8H2;3H;/q2*-2;-1;;+3/p-1. The van der Waals surface area contributed by atoms with Crippen molar-refractivity contribution in [3.8, 4) is 5.40 Å². The second-order valence-corrected chi connectivity index (χ2v) is 11.3. The average Bonchev–Trinajstić information content (AvgIpc) is 3.05. The third-order valence-electron chi connectivity index (χ3n) is 8.24. The van der Waals surface area contributed by atoms with E-state index in [4.69, 9.17) is 5.26 Å². The van der Waals surface area contributed by atoms with Crippen molar-refractivity contribution < 1.29 is 40.8 Å². The Labute approximate surface area is 282 Å². The van der Waals surface area contributed by atoms with Gasteiger partial charge < -0.3 is 39.2 Å². The number of hydrogen-bond donors (Lipinski definition) is 0. The Morgan fingerprint density at radius 2 is 0.975 bits per heavy atom. The molecule has 0 bridgehead atoms. The third kappa shape index (κ3) is 14.5. The van der Waals surface area contributed by atoms with Gasteiger partial charge in [-0.25, -0.2) is 5.26 Å². The summed E-state index contributed by atoms with van der Waals surface area (Å²) in [7, 11) is 0. The number of rotatable bonds is 3. The van der Waals surface area contributed by atoms with Gasteiger partial charge in [0.1, 0.15) is 0 Å². The van der Waals surface area contributed by atoms with Gasteiger partial charge in [-0.05, 0) is 12.1 Å². The minimum Gasteiger partial charge on any atom is -0.696 e. The van der Waals surface area contributed by atoms with Crippen LogP contribution in [0.25, 0.3) is 26.6 Å². The molecule has 0 aliphatic carbocycles. The minimum absolute atomic E-state index is 0. The molecule has 1 aromatic rings. The summed E-state index contributed by atoms with van der Waals surface area (Å²) in [6, 6.07) is 8.81. The SMILES string of the molecule is C1CCC(C2CCCC[N-]2)[N-]C1.C1CCC(C2CCCC[N-]2)[N-]C1.N#C[S-].[Nd+3].c1ccc(C2CCCC[N-]2)nc1. The first-order valence-electron chi connectivity index (χ1n) is 15.6. The molecule has 0 spiro atoms. The first-order chi connectivity index (χ1) is 19.3. The van der Waals surface area contributed by atoms with E-state index in [9.17, 15) is 0 Å². The molecule has 5 unspecified atom stereocenters. The van der Waals surface area contributed by atoms with E-state index in [2.05, 4.69) is 50.3 Å². The van der Waals surface area contributed by atoms with Crippen molar-refractivity contribution >= 4 is 12.6 Å². The number of hydrogen-bond acceptors (Lipinski definition) is 3. The largest absolute Gasteiger partial charge is 3.00 e. The summed E-state index contributed by atoms with van der Waals surface area (Å²) < 4.78 is 0. The summed E-state index contributed by atoms with van der Waals surface area (Å²) in [5.41, 5.74) is 1.14. The molecule has 0 saturated carbocycles. The van der Waals surface area contributed by atoms with Gasteiger partial charge in [0.15, 0.2) is 0 Å². The van der Waals surface area contributed by atoms with Gasteiger partial charge in [-0.3, -0.25) is 4.98 Å². The Morgan fingerprint density at radius 3 is 1.25 bits per heavy atom. The van der Waals surface area contributed by atoms with E-state index >= 15 is 0 Å². The molecule has 0 N–H and O–H groups in total. The zero-order valence-corrected chi connectivity index (χ0v) is 28.4. The smallest absolute Gasteiger partial charge is 0.696 e. The monoisotopic (exact) mass is 693 g/mol. The van der Waals surface area contributed by atoms with Gasteiger partial charge in [0.2, 0.25) is 0 Å². The summed E-state index contributed by atoms with van der Waals surface area (Å²) >= 11 is 3.70. The molecule has 221 valence electrons. The summed E-state index contributed by atoms with van der Waals surface area (Å²) in [6.07, 6.45) is 21.5. The molecule has 40 heavy (non-hydrogen) atoms. The van der Waals surface area contributed by atoms with Crippen molar-refractivity contribution in [2.24, 2.45) is 0 Å². The molecule has 7 nitrogen and oxygen atoms in total. The van der Waals surface area contributed by atoms with Crippen LogP contribution in [0.1, 0.15) is 108 Å². The first-order valence-corrected chi connectivity index (χ1v) is 16.0. The quantitative estimate of drug-likeness (QED) is 0.234. The fourth-order valence-corrected chi connectivity index (χ4v) is 6.11. The van der Waals surface area contributed by atoms with Crippen LogP contribution < -0.4 is 0 Å². The van der Waals surface area contributed by atoms with Crippen molar-refractivity contribution in [2.45, 2.75) is 127 Å². The maximum Gasteiger partial charge on any atom is 3.00 e. The van der Waals surface area contributed by atoms with Crippen LogP contribution in [0.2, 0.25) is 0 Å². The van der Waals surface area contributed by atoms with Gasteiger partial charge >= 0.3 is 40.8 Å². The molecule has 5 aliphatic rings. The molecular formula is C31H49N7NdS-3. The van der Waals surface area contributed by atoms with E-state index in [1.807, 2.05) is 18.3 Å². The summed E-state index contributed by atoms with van der Waals surface area (Å²) in [5.74, 6) is 0. The number of piperidine rings is 5. The minimum atomic E-state index is 0. The summed E-state index contributed by atoms with van der Waals surface area (Å²) in [5, 5.41) is 31.6. The second kappa shape index (κ2) is 23.5. The van der Waals surface area contributed by atoms with E-state index in [1.54, 1.807) is 0 Å². The molecular weight excluding hydrogens is 647 g/mol. The summed E-state index contributed by atoms with van der Waals surface area (Å²) in [4.78, 5) is 4.31. The van der Waals surface area contributed by atoms with Crippen molar-refractivity contribution in [1.29, 1.82) is 5.26 Å². The Balaban J connectivity index is 0.000000198. The molecule has 5 aliphatic heterocycles. The van der Waals surface area contributed by atoms with E-state index in [-0.39, 0.29) is 40.8 Å². The zero-order valence-electron chi connectivity index (χ0n) is 24.4. The molecule has 1 radical (unpaired) electrons. The van der Waals surface area contributed by atoms with Crippen LogP contribution in [0.15, 0.2) is 24.4 Å². The number of nitriles is 1. The van der Waals surface area contributed by atoms with Gasteiger partial charge in [0, 0.05) is 11.9 Å². The molecule has 6 rings (SSSR count). The van der Waals surface area contributed by atoms with Gasteiger partial charge in [0.05, 0.1) is 0 Å². The maximum absolute atomic E-state index is 7.13. The second-order valence-electron chi connectivity index (χ2n) is 11.1. The predicted molar refractivity (Wildman–Crippen MR) is 165 cm³/mol. The van der Waals surface area contributed by atoms with Crippen molar-refractivity contribution in [2.75, 3.05) is 32.7 Å². The Bertz CT molecular complexity index is 687. The molecule has 5 atom stereocenters. The van der Waals surface area contributed by atoms with E-state index in [0.717, 1.165) is 38.4 Å². The summed E-state index contributed by atoms with van der Waals surface area (Å²) in [6.45, 7) is 5.39. The first kappa shape index (κ1) is 36.2. The van der Waals surface area contributed by atoms with Crippen LogP contribution in [0.3, 0.4) is 0 Å². The topological polar surface area (TPSA) is 107 Å². The normalized spacial score (nSPS) is 30.1. The fraction of sp³-hybridized carbons (Fsp3) is 0.806. The third-order valence-corrected chi connectivity index (χ3v) is 8.24. The Hall–Kier alpha value is 0.0106. The van der Waals surface area contributed by atoms with Crippen LogP contribution >= 0.6 is 0 Å². The Morgan fingerprint density at radius 1 is 0.600 bits per heavy atom. The fourth-order valence-electron chi connectivity index (χ4n) is 6.11. The number of pyridine rings is 1. The molecule has 1 aromatic heterocycles. The van der Waals surface area contributed by atoms with Crippen LogP contribution in [-0.4, -0.2) is 61.9 Å². The average molecular weight is 696 g/mol. The molecule has 0 aromatic carbocycles. The van der Waals surface area contributed by atoms with Gasteiger partial charge in [-0.1, -0.05) is 114 Å². The van der Waals surface area contributed by atoms with Crippen molar-refractivity contribution in [1.82, 2.24) is 4.98 Å². The molecule has 9 heteroatoms. The van der Waals surface area contributed by atoms with Crippen LogP contribution in [0.4, 0.5) is 0 Å². The number of thiocyanates is 1. The predicted octanol–water partition coefficient (Wildman–Crippen LogP) is 8.37.